The summed E-state index contributed by atoms with van der Waals surface area (Å²) < 4.78 is 7.24. The molecule has 6 heteroatoms. The van der Waals surface area contributed by atoms with Gasteiger partial charge in [0.1, 0.15) is 0 Å². The molecule has 0 unspecified atom stereocenters. The van der Waals surface area contributed by atoms with Crippen LogP contribution in [-0.2, 0) is 24.4 Å². The van der Waals surface area contributed by atoms with Crippen molar-refractivity contribution in [3.05, 3.63) is 27.7 Å². The summed E-state index contributed by atoms with van der Waals surface area (Å²) in [5, 5.41) is 19.8. The summed E-state index contributed by atoms with van der Waals surface area (Å²) >= 11 is 0. The topological polar surface area (TPSA) is 74.9 Å². The van der Waals surface area contributed by atoms with Crippen LogP contribution >= 0.6 is 0 Å². The first-order valence-corrected chi connectivity index (χ1v) is 8.02. The standard InChI is InChI=1S/C16H26N2O4/c1-2-3-4-5-18-13(12-19)10-15(20)16(21)14(18)11-17-6-8-22-9-7-17/h10,19,21H,2-9,11-12H2,1H3. The highest BCUT2D eigenvalue weighted by atomic mass is 16.5. The van der Waals surface area contributed by atoms with Gasteiger partial charge in [0.05, 0.1) is 25.5 Å². The minimum Gasteiger partial charge on any atom is -0.503 e. The normalized spacial score (nSPS) is 16.1. The van der Waals surface area contributed by atoms with Crippen molar-refractivity contribution in [1.82, 2.24) is 9.47 Å². The zero-order valence-electron chi connectivity index (χ0n) is 13.3. The smallest absolute Gasteiger partial charge is 0.223 e. The molecule has 1 aliphatic rings. The molecule has 0 amide bonds. The zero-order chi connectivity index (χ0) is 15.9. The Bertz CT molecular complexity index is 536. The highest BCUT2D eigenvalue weighted by Crippen LogP contribution is 2.19. The van der Waals surface area contributed by atoms with Crippen LogP contribution in [0.4, 0.5) is 0 Å². The Labute approximate surface area is 130 Å². The Kier molecular flexibility index (Phi) is 6.42. The number of pyridine rings is 1. The van der Waals surface area contributed by atoms with E-state index in [1.165, 1.54) is 6.07 Å². The summed E-state index contributed by atoms with van der Waals surface area (Å²) in [6.45, 7) is 6.04. The predicted octanol–water partition coefficient (Wildman–Crippen LogP) is 1.07. The maximum Gasteiger partial charge on any atom is 0.223 e. The molecule has 1 fully saturated rings. The van der Waals surface area contributed by atoms with Crippen LogP contribution in [0.15, 0.2) is 10.9 Å². The number of nitrogens with zero attached hydrogens (tertiary/aromatic N) is 2. The molecule has 0 atom stereocenters. The molecule has 2 N–H and O–H groups in total. The average molecular weight is 310 g/mol. The van der Waals surface area contributed by atoms with E-state index in [1.54, 1.807) is 0 Å². The summed E-state index contributed by atoms with van der Waals surface area (Å²) in [5.74, 6) is -0.194. The number of aromatic nitrogens is 1. The second-order valence-electron chi connectivity index (χ2n) is 5.70. The molecule has 22 heavy (non-hydrogen) atoms. The van der Waals surface area contributed by atoms with E-state index in [2.05, 4.69) is 11.8 Å². The Morgan fingerprint density at radius 3 is 2.64 bits per heavy atom. The van der Waals surface area contributed by atoms with E-state index in [0.717, 1.165) is 32.4 Å². The van der Waals surface area contributed by atoms with E-state index in [4.69, 9.17) is 4.74 Å². The van der Waals surface area contributed by atoms with Crippen LogP contribution in [-0.4, -0.2) is 46.0 Å². The molecule has 1 aromatic heterocycles. The van der Waals surface area contributed by atoms with Crippen molar-refractivity contribution in [2.45, 2.75) is 45.9 Å². The summed E-state index contributed by atoms with van der Waals surface area (Å²) in [4.78, 5) is 14.1. The van der Waals surface area contributed by atoms with E-state index in [0.29, 0.717) is 37.7 Å². The Hall–Kier alpha value is -1.37. The van der Waals surface area contributed by atoms with Gasteiger partial charge in [0.25, 0.3) is 0 Å². The third-order valence-electron chi connectivity index (χ3n) is 4.10. The van der Waals surface area contributed by atoms with Crippen LogP contribution in [0.1, 0.15) is 37.6 Å². The molecule has 1 saturated heterocycles. The van der Waals surface area contributed by atoms with Crippen molar-refractivity contribution >= 4 is 0 Å². The van der Waals surface area contributed by atoms with Crippen molar-refractivity contribution < 1.29 is 14.9 Å². The number of unbranched alkanes of at least 4 members (excludes halogenated alkanes) is 2. The quantitative estimate of drug-likeness (QED) is 0.737. The highest BCUT2D eigenvalue weighted by molar-refractivity contribution is 5.30. The summed E-state index contributed by atoms with van der Waals surface area (Å²) in [6.07, 6.45) is 3.14. The van der Waals surface area contributed by atoms with E-state index >= 15 is 0 Å². The second kappa shape index (κ2) is 8.31. The first-order valence-electron chi connectivity index (χ1n) is 8.02. The molecule has 1 aliphatic heterocycles. The lowest BCUT2D eigenvalue weighted by Crippen LogP contribution is -2.37. The van der Waals surface area contributed by atoms with Crippen molar-refractivity contribution in [1.29, 1.82) is 0 Å². The molecule has 0 bridgehead atoms. The molecule has 124 valence electrons. The molecular formula is C16H26N2O4. The van der Waals surface area contributed by atoms with Gasteiger partial charge >= 0.3 is 0 Å². The first-order chi connectivity index (χ1) is 10.7. The fourth-order valence-corrected chi connectivity index (χ4v) is 2.80. The van der Waals surface area contributed by atoms with Gasteiger partial charge in [-0.1, -0.05) is 19.8 Å². The number of aliphatic hydroxyl groups excluding tert-OH is 1. The van der Waals surface area contributed by atoms with Crippen molar-refractivity contribution in [3.8, 4) is 5.75 Å². The number of rotatable bonds is 7. The third-order valence-corrected chi connectivity index (χ3v) is 4.10. The zero-order valence-corrected chi connectivity index (χ0v) is 13.3. The molecule has 2 rings (SSSR count). The first kappa shape index (κ1) is 17.0. The summed E-state index contributed by atoms with van der Waals surface area (Å²) in [5.41, 5.74) is 0.760. The van der Waals surface area contributed by atoms with Gasteiger partial charge in [-0.2, -0.15) is 0 Å². The maximum absolute atomic E-state index is 11.9. The summed E-state index contributed by atoms with van der Waals surface area (Å²) in [7, 11) is 0. The largest absolute Gasteiger partial charge is 0.503 e. The second-order valence-corrected chi connectivity index (χ2v) is 5.70. The lowest BCUT2D eigenvalue weighted by Gasteiger charge is -2.29. The van der Waals surface area contributed by atoms with Crippen LogP contribution in [0.25, 0.3) is 0 Å². The van der Waals surface area contributed by atoms with Crippen molar-refractivity contribution in [2.24, 2.45) is 0 Å². The molecule has 0 aliphatic carbocycles. The SMILES string of the molecule is CCCCCn1c(CO)cc(=O)c(O)c1CN1CCOCC1. The van der Waals surface area contributed by atoms with Crippen LogP contribution in [0.3, 0.4) is 0 Å². The molecule has 1 aromatic rings. The Morgan fingerprint density at radius 1 is 1.27 bits per heavy atom. The number of aliphatic hydroxyl groups is 1. The average Bonchev–Trinajstić information content (AvgIpc) is 2.54. The fourth-order valence-electron chi connectivity index (χ4n) is 2.80. The van der Waals surface area contributed by atoms with E-state index in [-0.39, 0.29) is 12.4 Å². The molecule has 0 spiro atoms. The van der Waals surface area contributed by atoms with E-state index in [9.17, 15) is 15.0 Å². The van der Waals surface area contributed by atoms with Gasteiger partial charge < -0.3 is 19.5 Å². The van der Waals surface area contributed by atoms with Gasteiger partial charge in [0.2, 0.25) is 5.43 Å². The number of hydrogen-bond acceptors (Lipinski definition) is 5. The van der Waals surface area contributed by atoms with Gasteiger partial charge in [0, 0.05) is 37.9 Å². The van der Waals surface area contributed by atoms with Gasteiger partial charge in [-0.25, -0.2) is 0 Å². The van der Waals surface area contributed by atoms with E-state index < -0.39 is 5.43 Å². The molecule has 0 saturated carbocycles. The van der Waals surface area contributed by atoms with Gasteiger partial charge in [-0.15, -0.1) is 0 Å². The van der Waals surface area contributed by atoms with Crippen LogP contribution in [0.2, 0.25) is 0 Å². The van der Waals surface area contributed by atoms with E-state index in [1.807, 2.05) is 4.57 Å². The van der Waals surface area contributed by atoms with Crippen LogP contribution in [0.5, 0.6) is 5.75 Å². The van der Waals surface area contributed by atoms with Gasteiger partial charge in [-0.3, -0.25) is 9.69 Å². The lowest BCUT2D eigenvalue weighted by molar-refractivity contribution is 0.0325. The molecule has 0 aromatic carbocycles. The molecule has 0 radical (unpaired) electrons. The third kappa shape index (κ3) is 4.09. The molecule has 6 nitrogen and oxygen atoms in total. The lowest BCUT2D eigenvalue weighted by atomic mass is 10.2. The predicted molar refractivity (Wildman–Crippen MR) is 83.9 cm³/mol. The number of ether oxygens (including phenoxy) is 1. The minimum atomic E-state index is -0.418. The number of hydrogen-bond donors (Lipinski definition) is 2. The number of aromatic hydroxyl groups is 1. The monoisotopic (exact) mass is 310 g/mol. The summed E-state index contributed by atoms with van der Waals surface area (Å²) in [6, 6.07) is 1.34. The van der Waals surface area contributed by atoms with Gasteiger partial charge in [0.15, 0.2) is 5.75 Å². The van der Waals surface area contributed by atoms with Crippen molar-refractivity contribution in [2.75, 3.05) is 26.3 Å². The Morgan fingerprint density at radius 2 is 2.00 bits per heavy atom. The molecular weight excluding hydrogens is 284 g/mol. The fraction of sp³-hybridized carbons (Fsp3) is 0.688. The minimum absolute atomic E-state index is 0.194. The van der Waals surface area contributed by atoms with Gasteiger partial charge in [-0.05, 0) is 6.42 Å². The van der Waals surface area contributed by atoms with Crippen molar-refractivity contribution in [3.63, 3.8) is 0 Å². The maximum atomic E-state index is 11.9. The highest BCUT2D eigenvalue weighted by Gasteiger charge is 2.19. The molecule has 2 heterocycles. The number of morpholine rings is 1. The Balaban J connectivity index is 2.29. The van der Waals surface area contributed by atoms with Crippen LogP contribution in [0, 0.1) is 0 Å². The van der Waals surface area contributed by atoms with Crippen LogP contribution < -0.4 is 5.43 Å².